The summed E-state index contributed by atoms with van der Waals surface area (Å²) in [6.45, 7) is 0. The summed E-state index contributed by atoms with van der Waals surface area (Å²) in [6, 6.07) is 15.9. The van der Waals surface area contributed by atoms with Crippen LogP contribution in [0.5, 0.6) is 0 Å². The summed E-state index contributed by atoms with van der Waals surface area (Å²) in [4.78, 5) is 26.1. The molecule has 0 amide bonds. The molecule has 0 bridgehead atoms. The number of ketones is 1. The van der Waals surface area contributed by atoms with E-state index < -0.39 is 5.97 Å². The lowest BCUT2D eigenvalue weighted by Gasteiger charge is -2.07. The van der Waals surface area contributed by atoms with Crippen molar-refractivity contribution in [2.75, 3.05) is 0 Å². The highest BCUT2D eigenvalue weighted by atomic mass is 16.4. The van der Waals surface area contributed by atoms with E-state index in [0.29, 0.717) is 17.5 Å². The standard InChI is InChI=1S/C17H14N2O3/c18-19-15(17(21)22)11-10-12-6-4-5-9-14(12)16(20)13-7-2-1-3-8-13/h1-9H,10-11H2,(H,21,22). The van der Waals surface area contributed by atoms with Crippen LogP contribution in [0.15, 0.2) is 54.6 Å². The molecule has 0 saturated heterocycles. The van der Waals surface area contributed by atoms with Gasteiger partial charge in [0.15, 0.2) is 5.78 Å². The average molecular weight is 294 g/mol. The molecule has 0 aromatic heterocycles. The highest BCUT2D eigenvalue weighted by molar-refractivity contribution is 6.32. The van der Waals surface area contributed by atoms with Crippen molar-refractivity contribution in [1.29, 1.82) is 0 Å². The molecule has 0 aliphatic carbocycles. The fraction of sp³-hybridized carbons (Fsp3) is 0.118. The lowest BCUT2D eigenvalue weighted by molar-refractivity contribution is -0.134. The number of nitrogens with zero attached hydrogens (tertiary/aromatic N) is 2. The van der Waals surface area contributed by atoms with Gasteiger partial charge in [0.05, 0.1) is 6.42 Å². The molecule has 5 nitrogen and oxygen atoms in total. The minimum absolute atomic E-state index is 0.0465. The Balaban J connectivity index is 2.26. The van der Waals surface area contributed by atoms with Gasteiger partial charge in [-0.3, -0.25) is 4.79 Å². The van der Waals surface area contributed by atoms with E-state index in [4.69, 9.17) is 10.6 Å². The Morgan fingerprint density at radius 3 is 2.27 bits per heavy atom. The Hall–Kier alpha value is -3.04. The van der Waals surface area contributed by atoms with Crippen LogP contribution in [0, 0.1) is 0 Å². The number of aliphatic carboxylic acids is 1. The van der Waals surface area contributed by atoms with E-state index in [2.05, 4.69) is 4.79 Å². The van der Waals surface area contributed by atoms with Crippen molar-refractivity contribution >= 4 is 17.5 Å². The molecule has 2 rings (SSSR count). The normalized spacial score (nSPS) is 9.82. The Bertz CT molecular complexity index is 748. The van der Waals surface area contributed by atoms with E-state index in [9.17, 15) is 9.59 Å². The van der Waals surface area contributed by atoms with Gasteiger partial charge in [0.25, 0.3) is 0 Å². The third kappa shape index (κ3) is 3.53. The first-order chi connectivity index (χ1) is 10.6. The quantitative estimate of drug-likeness (QED) is 0.384. The summed E-state index contributed by atoms with van der Waals surface area (Å²) in [5.41, 5.74) is 10.2. The van der Waals surface area contributed by atoms with E-state index in [0.717, 1.165) is 5.56 Å². The summed E-state index contributed by atoms with van der Waals surface area (Å²) in [7, 11) is 0. The van der Waals surface area contributed by atoms with Gasteiger partial charge in [0.2, 0.25) is 0 Å². The molecule has 0 spiro atoms. The zero-order valence-corrected chi connectivity index (χ0v) is 11.8. The molecule has 22 heavy (non-hydrogen) atoms. The first kappa shape index (κ1) is 15.4. The van der Waals surface area contributed by atoms with Gasteiger partial charge in [-0.1, -0.05) is 54.6 Å². The van der Waals surface area contributed by atoms with Crippen LogP contribution in [-0.4, -0.2) is 27.4 Å². The summed E-state index contributed by atoms with van der Waals surface area (Å²) in [6.07, 6.45) is 0.353. The summed E-state index contributed by atoms with van der Waals surface area (Å²) < 4.78 is 0. The molecule has 2 aromatic rings. The van der Waals surface area contributed by atoms with Gasteiger partial charge in [-0.2, -0.15) is 4.79 Å². The number of hydrogen-bond donors (Lipinski definition) is 1. The molecule has 0 heterocycles. The molecule has 0 aliphatic rings. The van der Waals surface area contributed by atoms with Crippen LogP contribution < -0.4 is 0 Å². The predicted molar refractivity (Wildman–Crippen MR) is 80.9 cm³/mol. The smallest absolute Gasteiger partial charge is 0.414 e. The molecule has 0 saturated carbocycles. The van der Waals surface area contributed by atoms with Gasteiger partial charge in [-0.15, -0.1) is 0 Å². The van der Waals surface area contributed by atoms with E-state index in [-0.39, 0.29) is 17.9 Å². The van der Waals surface area contributed by atoms with E-state index >= 15 is 0 Å². The average Bonchev–Trinajstić information content (AvgIpc) is 2.55. The predicted octanol–water partition coefficient (Wildman–Crippen LogP) is 2.61. The van der Waals surface area contributed by atoms with Crippen molar-refractivity contribution in [2.24, 2.45) is 0 Å². The Morgan fingerprint density at radius 1 is 1.00 bits per heavy atom. The van der Waals surface area contributed by atoms with Crippen LogP contribution in [0.1, 0.15) is 27.9 Å². The topological polar surface area (TPSA) is 90.8 Å². The van der Waals surface area contributed by atoms with Crippen molar-refractivity contribution in [1.82, 2.24) is 0 Å². The van der Waals surface area contributed by atoms with Crippen LogP contribution in [0.3, 0.4) is 0 Å². The fourth-order valence-corrected chi connectivity index (χ4v) is 2.16. The number of carbonyl (C=O) groups is 2. The van der Waals surface area contributed by atoms with Gasteiger partial charge < -0.3 is 10.6 Å². The molecule has 5 heteroatoms. The molecule has 0 radical (unpaired) electrons. The first-order valence-corrected chi connectivity index (χ1v) is 6.75. The van der Waals surface area contributed by atoms with Crippen LogP contribution in [-0.2, 0) is 11.2 Å². The van der Waals surface area contributed by atoms with Crippen molar-refractivity contribution < 1.29 is 19.5 Å². The monoisotopic (exact) mass is 294 g/mol. The Kier molecular flexibility index (Phi) is 4.96. The lowest BCUT2D eigenvalue weighted by atomic mass is 9.95. The minimum atomic E-state index is -1.27. The molecular formula is C17H14N2O3. The molecule has 0 fully saturated rings. The highest BCUT2D eigenvalue weighted by Crippen LogP contribution is 2.16. The van der Waals surface area contributed by atoms with Crippen molar-refractivity contribution in [3.8, 4) is 0 Å². The van der Waals surface area contributed by atoms with Gasteiger partial charge in [0, 0.05) is 11.1 Å². The molecule has 1 N–H and O–H groups in total. The van der Waals surface area contributed by atoms with Gasteiger partial charge >= 0.3 is 11.7 Å². The Labute approximate surface area is 127 Å². The minimum Gasteiger partial charge on any atom is -0.473 e. The first-order valence-electron chi connectivity index (χ1n) is 6.75. The molecule has 0 unspecified atom stereocenters. The molecule has 0 atom stereocenters. The van der Waals surface area contributed by atoms with E-state index in [1.54, 1.807) is 48.5 Å². The number of rotatable bonds is 6. The van der Waals surface area contributed by atoms with Crippen molar-refractivity contribution in [3.05, 3.63) is 76.8 Å². The van der Waals surface area contributed by atoms with Crippen LogP contribution in [0.4, 0.5) is 0 Å². The van der Waals surface area contributed by atoms with Crippen LogP contribution in [0.25, 0.3) is 5.53 Å². The van der Waals surface area contributed by atoms with Crippen molar-refractivity contribution in [2.45, 2.75) is 12.8 Å². The van der Waals surface area contributed by atoms with Crippen LogP contribution >= 0.6 is 0 Å². The second kappa shape index (κ2) is 7.11. The van der Waals surface area contributed by atoms with Crippen molar-refractivity contribution in [3.63, 3.8) is 0 Å². The maximum atomic E-state index is 12.5. The van der Waals surface area contributed by atoms with Gasteiger partial charge in [0.1, 0.15) is 0 Å². The maximum absolute atomic E-state index is 12.5. The third-order valence-electron chi connectivity index (χ3n) is 3.30. The summed E-state index contributed by atoms with van der Waals surface area (Å²) >= 11 is 0. The fourth-order valence-electron chi connectivity index (χ4n) is 2.16. The number of carboxylic acid groups (broad SMARTS) is 1. The van der Waals surface area contributed by atoms with E-state index in [1.165, 1.54) is 0 Å². The maximum Gasteiger partial charge on any atom is 0.414 e. The van der Waals surface area contributed by atoms with Gasteiger partial charge in [-0.25, -0.2) is 4.79 Å². The number of carbonyl (C=O) groups excluding carboxylic acids is 1. The number of aryl methyl sites for hydroxylation is 1. The zero-order valence-electron chi connectivity index (χ0n) is 11.8. The van der Waals surface area contributed by atoms with Gasteiger partial charge in [-0.05, 0) is 12.0 Å². The summed E-state index contributed by atoms with van der Waals surface area (Å²) in [5, 5.41) is 8.85. The summed E-state index contributed by atoms with van der Waals surface area (Å²) in [5.74, 6) is -1.39. The number of hydrogen-bond acceptors (Lipinski definition) is 2. The number of benzene rings is 2. The molecular weight excluding hydrogens is 280 g/mol. The highest BCUT2D eigenvalue weighted by Gasteiger charge is 2.20. The zero-order chi connectivity index (χ0) is 15.9. The van der Waals surface area contributed by atoms with Crippen LogP contribution in [0.2, 0.25) is 0 Å². The Morgan fingerprint density at radius 2 is 1.64 bits per heavy atom. The largest absolute Gasteiger partial charge is 0.473 e. The molecule has 0 aliphatic heterocycles. The SMILES string of the molecule is [N-]=[N+]=C(CCc1ccccc1C(=O)c1ccccc1)C(=O)O. The van der Waals surface area contributed by atoms with E-state index in [1.807, 2.05) is 6.07 Å². The number of carboxylic acids is 1. The molecule has 2 aromatic carbocycles. The molecule has 110 valence electrons. The third-order valence-corrected chi connectivity index (χ3v) is 3.30. The lowest BCUT2D eigenvalue weighted by Crippen LogP contribution is -2.15. The second-order valence-electron chi connectivity index (χ2n) is 4.70. The second-order valence-corrected chi connectivity index (χ2v) is 4.70.